The molecule has 0 aliphatic rings. The third-order valence-corrected chi connectivity index (χ3v) is 2.83. The summed E-state index contributed by atoms with van der Waals surface area (Å²) in [4.78, 5) is 0. The molecule has 2 aromatic carbocycles. The molecule has 2 aromatic rings. The van der Waals surface area contributed by atoms with Crippen LogP contribution in [0.2, 0.25) is 0 Å². The predicted molar refractivity (Wildman–Crippen MR) is 75.0 cm³/mol. The number of ether oxygens (including phenoxy) is 1. The maximum atomic E-state index is 12.0. The Bertz CT molecular complexity index is 538. The Morgan fingerprint density at radius 1 is 0.810 bits per heavy atom. The maximum Gasteiger partial charge on any atom is 0.422 e. The van der Waals surface area contributed by atoms with Crippen molar-refractivity contribution in [3.05, 3.63) is 65.7 Å². The number of nitrogens with one attached hydrogen (secondary N) is 1. The van der Waals surface area contributed by atoms with Gasteiger partial charge in [0.1, 0.15) is 5.75 Å². The van der Waals surface area contributed by atoms with Crippen LogP contribution in [0.25, 0.3) is 0 Å². The van der Waals surface area contributed by atoms with Gasteiger partial charge in [-0.05, 0) is 23.3 Å². The molecule has 0 aliphatic heterocycles. The summed E-state index contributed by atoms with van der Waals surface area (Å²) in [5.74, 6) is 0.221. The molecular weight excluding hydrogens is 279 g/mol. The minimum atomic E-state index is -4.31. The minimum Gasteiger partial charge on any atom is -0.484 e. The molecule has 0 amide bonds. The topological polar surface area (TPSA) is 21.3 Å². The number of hydrogen-bond donors (Lipinski definition) is 1. The smallest absolute Gasteiger partial charge is 0.422 e. The lowest BCUT2D eigenvalue weighted by Crippen LogP contribution is -2.19. The van der Waals surface area contributed by atoms with Crippen LogP contribution in [-0.2, 0) is 13.1 Å². The molecule has 0 aliphatic carbocycles. The fourth-order valence-corrected chi connectivity index (χ4v) is 1.82. The van der Waals surface area contributed by atoms with E-state index in [-0.39, 0.29) is 5.75 Å². The van der Waals surface area contributed by atoms with E-state index >= 15 is 0 Å². The van der Waals surface area contributed by atoms with Gasteiger partial charge in [0, 0.05) is 13.1 Å². The van der Waals surface area contributed by atoms with Gasteiger partial charge in [0.15, 0.2) is 6.61 Å². The van der Waals surface area contributed by atoms with Crippen LogP contribution in [0.3, 0.4) is 0 Å². The number of rotatable bonds is 6. The SMILES string of the molecule is FC(F)(F)COc1ccc(CNCc2ccccc2)cc1. The van der Waals surface area contributed by atoms with E-state index in [1.807, 2.05) is 30.3 Å². The lowest BCUT2D eigenvalue weighted by atomic mass is 10.2. The average molecular weight is 295 g/mol. The highest BCUT2D eigenvalue weighted by Gasteiger charge is 2.28. The molecule has 0 aromatic heterocycles. The largest absolute Gasteiger partial charge is 0.484 e. The number of hydrogen-bond acceptors (Lipinski definition) is 2. The van der Waals surface area contributed by atoms with E-state index < -0.39 is 12.8 Å². The Hall–Kier alpha value is -2.01. The Morgan fingerprint density at radius 2 is 1.38 bits per heavy atom. The first-order valence-electron chi connectivity index (χ1n) is 6.56. The fraction of sp³-hybridized carbons (Fsp3) is 0.250. The minimum absolute atomic E-state index is 0.221. The number of halogens is 3. The van der Waals surface area contributed by atoms with Crippen molar-refractivity contribution in [2.45, 2.75) is 19.3 Å². The predicted octanol–water partition coefficient (Wildman–Crippen LogP) is 3.92. The van der Waals surface area contributed by atoms with Crippen LogP contribution in [0.5, 0.6) is 5.75 Å². The third kappa shape index (κ3) is 5.87. The molecule has 0 unspecified atom stereocenters. The summed E-state index contributed by atoms with van der Waals surface area (Å²) >= 11 is 0. The second-order valence-corrected chi connectivity index (χ2v) is 4.64. The molecule has 0 saturated carbocycles. The molecule has 0 spiro atoms. The molecule has 21 heavy (non-hydrogen) atoms. The van der Waals surface area contributed by atoms with Crippen molar-refractivity contribution in [2.24, 2.45) is 0 Å². The van der Waals surface area contributed by atoms with Gasteiger partial charge in [0.25, 0.3) is 0 Å². The maximum absolute atomic E-state index is 12.0. The van der Waals surface area contributed by atoms with Crippen molar-refractivity contribution in [3.8, 4) is 5.75 Å². The molecule has 0 fully saturated rings. The van der Waals surface area contributed by atoms with E-state index in [1.54, 1.807) is 24.3 Å². The molecule has 0 bridgehead atoms. The van der Waals surface area contributed by atoms with Gasteiger partial charge < -0.3 is 10.1 Å². The summed E-state index contributed by atoms with van der Waals surface area (Å²) < 4.78 is 40.7. The molecule has 112 valence electrons. The second kappa shape index (κ2) is 7.13. The van der Waals surface area contributed by atoms with Gasteiger partial charge in [-0.15, -0.1) is 0 Å². The van der Waals surface area contributed by atoms with Crippen molar-refractivity contribution in [1.29, 1.82) is 0 Å². The standard InChI is InChI=1S/C16H16F3NO/c17-16(18,19)12-21-15-8-6-14(7-9-15)11-20-10-13-4-2-1-3-5-13/h1-9,20H,10-12H2. The van der Waals surface area contributed by atoms with E-state index in [4.69, 9.17) is 0 Å². The van der Waals surface area contributed by atoms with Gasteiger partial charge in [-0.2, -0.15) is 13.2 Å². The summed E-state index contributed by atoms with van der Waals surface area (Å²) in [6.45, 7) is 0.125. The lowest BCUT2D eigenvalue weighted by molar-refractivity contribution is -0.153. The van der Waals surface area contributed by atoms with Crippen LogP contribution in [0.4, 0.5) is 13.2 Å². The molecule has 1 N–H and O–H groups in total. The second-order valence-electron chi connectivity index (χ2n) is 4.64. The van der Waals surface area contributed by atoms with Crippen molar-refractivity contribution < 1.29 is 17.9 Å². The third-order valence-electron chi connectivity index (χ3n) is 2.83. The Kier molecular flexibility index (Phi) is 5.22. The summed E-state index contributed by atoms with van der Waals surface area (Å²) in [5, 5.41) is 3.27. The molecule has 5 heteroatoms. The molecule has 0 atom stereocenters. The normalized spacial score (nSPS) is 11.4. The highest BCUT2D eigenvalue weighted by atomic mass is 19.4. The summed E-state index contributed by atoms with van der Waals surface area (Å²) in [5.41, 5.74) is 2.17. The molecule has 2 rings (SSSR count). The Morgan fingerprint density at radius 3 is 1.95 bits per heavy atom. The van der Waals surface area contributed by atoms with Gasteiger partial charge in [-0.3, -0.25) is 0 Å². The number of benzene rings is 2. The zero-order valence-corrected chi connectivity index (χ0v) is 11.4. The Labute approximate surface area is 121 Å². The van der Waals surface area contributed by atoms with Gasteiger partial charge >= 0.3 is 6.18 Å². The van der Waals surface area contributed by atoms with E-state index in [9.17, 15) is 13.2 Å². The Balaban J connectivity index is 1.77. The summed E-state index contributed by atoms with van der Waals surface area (Å²) in [6, 6.07) is 16.6. The quantitative estimate of drug-likeness (QED) is 0.872. The van der Waals surface area contributed by atoms with Crippen LogP contribution >= 0.6 is 0 Å². The van der Waals surface area contributed by atoms with Crippen molar-refractivity contribution in [3.63, 3.8) is 0 Å². The highest BCUT2D eigenvalue weighted by Crippen LogP contribution is 2.18. The molecule has 2 nitrogen and oxygen atoms in total. The first kappa shape index (κ1) is 15.4. The highest BCUT2D eigenvalue weighted by molar-refractivity contribution is 5.27. The zero-order chi connectivity index (χ0) is 15.1. The van der Waals surface area contributed by atoms with Gasteiger partial charge in [0.05, 0.1) is 0 Å². The molecular formula is C16H16F3NO. The van der Waals surface area contributed by atoms with Crippen LogP contribution in [0, 0.1) is 0 Å². The van der Waals surface area contributed by atoms with E-state index in [0.29, 0.717) is 6.54 Å². The lowest BCUT2D eigenvalue weighted by Gasteiger charge is -2.10. The van der Waals surface area contributed by atoms with Crippen molar-refractivity contribution in [2.75, 3.05) is 6.61 Å². The van der Waals surface area contributed by atoms with E-state index in [1.165, 1.54) is 5.56 Å². The average Bonchev–Trinajstić information content (AvgIpc) is 2.47. The first-order chi connectivity index (χ1) is 10.0. The van der Waals surface area contributed by atoms with Crippen LogP contribution in [-0.4, -0.2) is 12.8 Å². The van der Waals surface area contributed by atoms with Crippen LogP contribution in [0.1, 0.15) is 11.1 Å². The van der Waals surface area contributed by atoms with Gasteiger partial charge in [0.2, 0.25) is 0 Å². The molecule has 0 saturated heterocycles. The van der Waals surface area contributed by atoms with Gasteiger partial charge in [-0.25, -0.2) is 0 Å². The zero-order valence-electron chi connectivity index (χ0n) is 11.4. The fourth-order valence-electron chi connectivity index (χ4n) is 1.82. The van der Waals surface area contributed by atoms with Crippen molar-refractivity contribution in [1.82, 2.24) is 5.32 Å². The monoisotopic (exact) mass is 295 g/mol. The molecule has 0 heterocycles. The van der Waals surface area contributed by atoms with Crippen LogP contribution in [0.15, 0.2) is 54.6 Å². The van der Waals surface area contributed by atoms with E-state index in [2.05, 4.69) is 10.1 Å². The molecule has 0 radical (unpaired) electrons. The first-order valence-corrected chi connectivity index (χ1v) is 6.56. The van der Waals surface area contributed by atoms with Crippen LogP contribution < -0.4 is 10.1 Å². The van der Waals surface area contributed by atoms with Crippen molar-refractivity contribution >= 4 is 0 Å². The van der Waals surface area contributed by atoms with E-state index in [0.717, 1.165) is 12.1 Å². The summed E-state index contributed by atoms with van der Waals surface area (Å²) in [6.07, 6.45) is -4.31. The van der Waals surface area contributed by atoms with Gasteiger partial charge in [-0.1, -0.05) is 42.5 Å². The number of alkyl halides is 3. The summed E-state index contributed by atoms with van der Waals surface area (Å²) in [7, 11) is 0.